The standard InChI is InChI=1S/C57H47N/c1-55(2)46-23-14-13-21-43(46)54-48(55)25-16-26-52(54)58(39-29-27-37(28-30-39)36-17-9-7-10-18-36)40-31-32-42-44-34-51-45(35-50(44)57(5,6)49(42)33-40)53-41(38-19-11-8-12-20-38)22-15-24-47(53)56(51,3)4/h7-35H,1-6H3. The van der Waals surface area contributed by atoms with Gasteiger partial charge >= 0.3 is 0 Å². The minimum absolute atomic E-state index is 0.0977. The van der Waals surface area contributed by atoms with Gasteiger partial charge in [-0.1, -0.05) is 175 Å². The summed E-state index contributed by atoms with van der Waals surface area (Å²) in [7, 11) is 0. The fourth-order valence-corrected chi connectivity index (χ4v) is 10.8. The third-order valence-electron chi connectivity index (χ3n) is 13.9. The zero-order valence-electron chi connectivity index (χ0n) is 34.2. The van der Waals surface area contributed by atoms with Crippen molar-refractivity contribution in [2.45, 2.75) is 57.8 Å². The van der Waals surface area contributed by atoms with E-state index < -0.39 is 0 Å². The van der Waals surface area contributed by atoms with Crippen molar-refractivity contribution in [2.24, 2.45) is 0 Å². The number of benzene rings is 8. The van der Waals surface area contributed by atoms with Gasteiger partial charge in [0.05, 0.1) is 5.69 Å². The molecule has 3 aliphatic rings. The average Bonchev–Trinajstić information content (AvgIpc) is 3.73. The molecule has 0 aliphatic heterocycles. The predicted octanol–water partition coefficient (Wildman–Crippen LogP) is 15.4. The van der Waals surface area contributed by atoms with Crippen LogP contribution >= 0.6 is 0 Å². The Bertz CT molecular complexity index is 2950. The average molecular weight is 746 g/mol. The van der Waals surface area contributed by atoms with Crippen LogP contribution in [0.3, 0.4) is 0 Å². The van der Waals surface area contributed by atoms with Crippen molar-refractivity contribution in [1.82, 2.24) is 0 Å². The van der Waals surface area contributed by atoms with Crippen LogP contribution in [0, 0.1) is 0 Å². The smallest absolute Gasteiger partial charge is 0.0543 e. The molecule has 58 heavy (non-hydrogen) atoms. The zero-order chi connectivity index (χ0) is 39.6. The first-order valence-electron chi connectivity index (χ1n) is 20.8. The highest BCUT2D eigenvalue weighted by Crippen LogP contribution is 2.59. The number of anilines is 3. The summed E-state index contributed by atoms with van der Waals surface area (Å²) in [5, 5.41) is 0. The maximum Gasteiger partial charge on any atom is 0.0543 e. The molecule has 8 aromatic rings. The summed E-state index contributed by atoms with van der Waals surface area (Å²) in [6.45, 7) is 14.4. The molecule has 0 unspecified atom stereocenters. The second-order valence-electron chi connectivity index (χ2n) is 18.1. The topological polar surface area (TPSA) is 3.24 Å². The summed E-state index contributed by atoms with van der Waals surface area (Å²) in [6.07, 6.45) is 0. The van der Waals surface area contributed by atoms with E-state index in [0.717, 1.165) is 5.69 Å². The van der Waals surface area contributed by atoms with Crippen LogP contribution in [0.5, 0.6) is 0 Å². The van der Waals surface area contributed by atoms with Crippen LogP contribution in [0.2, 0.25) is 0 Å². The molecule has 8 aromatic carbocycles. The lowest BCUT2D eigenvalue weighted by atomic mass is 9.79. The molecule has 0 amide bonds. The highest BCUT2D eigenvalue weighted by atomic mass is 15.1. The van der Waals surface area contributed by atoms with E-state index in [4.69, 9.17) is 0 Å². The van der Waals surface area contributed by atoms with Crippen molar-refractivity contribution in [3.63, 3.8) is 0 Å². The molecule has 1 heteroatoms. The van der Waals surface area contributed by atoms with Crippen LogP contribution in [-0.4, -0.2) is 0 Å². The lowest BCUT2D eigenvalue weighted by molar-refractivity contribution is 0.652. The van der Waals surface area contributed by atoms with E-state index in [1.807, 2.05) is 0 Å². The van der Waals surface area contributed by atoms with E-state index in [0.29, 0.717) is 0 Å². The lowest BCUT2D eigenvalue weighted by Crippen LogP contribution is -2.18. The Labute approximate surface area is 343 Å². The highest BCUT2D eigenvalue weighted by molar-refractivity contribution is 5.98. The molecule has 0 aromatic heterocycles. The molecular weight excluding hydrogens is 699 g/mol. The number of nitrogens with zero attached hydrogens (tertiary/aromatic N) is 1. The van der Waals surface area contributed by atoms with Crippen molar-refractivity contribution in [3.8, 4) is 55.6 Å². The van der Waals surface area contributed by atoms with Crippen LogP contribution in [0.4, 0.5) is 17.1 Å². The molecule has 0 N–H and O–H groups in total. The Kier molecular flexibility index (Phi) is 7.36. The summed E-state index contributed by atoms with van der Waals surface area (Å²) >= 11 is 0. The van der Waals surface area contributed by atoms with Gasteiger partial charge in [0.15, 0.2) is 0 Å². The molecule has 0 saturated carbocycles. The molecule has 0 heterocycles. The van der Waals surface area contributed by atoms with Gasteiger partial charge < -0.3 is 4.90 Å². The second-order valence-corrected chi connectivity index (χ2v) is 18.1. The van der Waals surface area contributed by atoms with Gasteiger partial charge in [0, 0.05) is 33.2 Å². The van der Waals surface area contributed by atoms with Crippen molar-refractivity contribution in [2.75, 3.05) is 4.90 Å². The SMILES string of the molecule is CC1(C)c2cc(N(c3ccc(-c4ccccc4)cc3)c3cccc4c3-c3ccccc3C4(C)C)ccc2-c2cc3c(cc21)-c1c(-c2ccccc2)cccc1C3(C)C. The Balaban J connectivity index is 1.09. The highest BCUT2D eigenvalue weighted by Gasteiger charge is 2.43. The number of hydrogen-bond acceptors (Lipinski definition) is 1. The van der Waals surface area contributed by atoms with Crippen molar-refractivity contribution < 1.29 is 0 Å². The fourth-order valence-electron chi connectivity index (χ4n) is 10.8. The first-order chi connectivity index (χ1) is 28.0. The largest absolute Gasteiger partial charge is 0.310 e. The first-order valence-corrected chi connectivity index (χ1v) is 20.8. The van der Waals surface area contributed by atoms with Crippen molar-refractivity contribution in [1.29, 1.82) is 0 Å². The number of fused-ring (bicyclic) bond motifs is 9. The molecule has 0 fully saturated rings. The molecule has 11 rings (SSSR count). The summed E-state index contributed by atoms with van der Waals surface area (Å²) in [5.74, 6) is 0. The van der Waals surface area contributed by atoms with Crippen LogP contribution in [0.15, 0.2) is 176 Å². The van der Waals surface area contributed by atoms with Gasteiger partial charge in [0.2, 0.25) is 0 Å². The molecule has 0 spiro atoms. The van der Waals surface area contributed by atoms with E-state index in [-0.39, 0.29) is 16.2 Å². The van der Waals surface area contributed by atoms with Crippen LogP contribution < -0.4 is 4.90 Å². The van der Waals surface area contributed by atoms with Crippen LogP contribution in [-0.2, 0) is 16.2 Å². The van der Waals surface area contributed by atoms with Gasteiger partial charge in [-0.15, -0.1) is 0 Å². The normalized spacial score (nSPS) is 15.5. The number of hydrogen-bond donors (Lipinski definition) is 0. The van der Waals surface area contributed by atoms with E-state index in [1.54, 1.807) is 0 Å². The Morgan fingerprint density at radius 1 is 0.293 bits per heavy atom. The maximum atomic E-state index is 2.55. The van der Waals surface area contributed by atoms with E-state index in [1.165, 1.54) is 100 Å². The molecule has 0 radical (unpaired) electrons. The van der Waals surface area contributed by atoms with Gasteiger partial charge in [-0.2, -0.15) is 0 Å². The molecular formula is C57H47N. The van der Waals surface area contributed by atoms with Crippen molar-refractivity contribution in [3.05, 3.63) is 209 Å². The Morgan fingerprint density at radius 2 is 0.793 bits per heavy atom. The summed E-state index contributed by atoms with van der Waals surface area (Å²) in [6, 6.07) is 65.9. The minimum Gasteiger partial charge on any atom is -0.310 e. The quantitative estimate of drug-likeness (QED) is 0.170. The molecule has 0 bridgehead atoms. The fraction of sp³-hybridized carbons (Fsp3) is 0.158. The van der Waals surface area contributed by atoms with Gasteiger partial charge in [-0.05, 0) is 126 Å². The molecule has 3 aliphatic carbocycles. The van der Waals surface area contributed by atoms with E-state index >= 15 is 0 Å². The number of rotatable bonds is 5. The third-order valence-corrected chi connectivity index (χ3v) is 13.9. The Morgan fingerprint density at radius 3 is 1.53 bits per heavy atom. The summed E-state index contributed by atoms with van der Waals surface area (Å²) < 4.78 is 0. The van der Waals surface area contributed by atoms with Gasteiger partial charge in [-0.25, -0.2) is 0 Å². The van der Waals surface area contributed by atoms with E-state index in [2.05, 4.69) is 222 Å². The van der Waals surface area contributed by atoms with Gasteiger partial charge in [0.25, 0.3) is 0 Å². The molecule has 280 valence electrons. The maximum absolute atomic E-state index is 2.55. The Hall–Kier alpha value is -6.44. The van der Waals surface area contributed by atoms with Crippen LogP contribution in [0.25, 0.3) is 55.6 Å². The monoisotopic (exact) mass is 745 g/mol. The molecule has 1 nitrogen and oxygen atoms in total. The van der Waals surface area contributed by atoms with Crippen LogP contribution in [0.1, 0.15) is 74.9 Å². The minimum atomic E-state index is -0.208. The second kappa shape index (κ2) is 12.3. The lowest BCUT2D eigenvalue weighted by Gasteiger charge is -2.30. The first kappa shape index (κ1) is 34.8. The van der Waals surface area contributed by atoms with Gasteiger partial charge in [0.1, 0.15) is 0 Å². The van der Waals surface area contributed by atoms with Crippen molar-refractivity contribution >= 4 is 17.1 Å². The molecule has 0 saturated heterocycles. The molecule has 0 atom stereocenters. The zero-order valence-corrected chi connectivity index (χ0v) is 34.2. The predicted molar refractivity (Wildman–Crippen MR) is 245 cm³/mol. The summed E-state index contributed by atoms with van der Waals surface area (Å²) in [4.78, 5) is 2.51. The van der Waals surface area contributed by atoms with E-state index in [9.17, 15) is 0 Å². The van der Waals surface area contributed by atoms with Gasteiger partial charge in [-0.3, -0.25) is 0 Å². The summed E-state index contributed by atoms with van der Waals surface area (Å²) in [5.41, 5.74) is 24.6. The third kappa shape index (κ3) is 4.83.